The molecule has 0 aliphatic rings. The number of aromatic nitrogens is 1. The molecule has 6 nitrogen and oxygen atoms in total. The second kappa shape index (κ2) is 7.32. The molecular weight excluding hydrogens is 302 g/mol. The molecule has 0 amide bonds. The molecule has 0 aliphatic heterocycles. The van der Waals surface area contributed by atoms with Crippen molar-refractivity contribution in [2.75, 3.05) is 12.8 Å². The van der Waals surface area contributed by atoms with Gasteiger partial charge in [0.05, 0.1) is 12.8 Å². The van der Waals surface area contributed by atoms with E-state index in [1.165, 1.54) is 19.5 Å². The monoisotopic (exact) mass is 323 g/mol. The Balaban J connectivity index is 2.59. The van der Waals surface area contributed by atoms with Gasteiger partial charge in [-0.25, -0.2) is 0 Å². The summed E-state index contributed by atoms with van der Waals surface area (Å²) in [5, 5.41) is 7.52. The van der Waals surface area contributed by atoms with Crippen LogP contribution in [0, 0.1) is 12.3 Å². The maximum atomic E-state index is 7.52. The smallest absolute Gasteiger partial charge is 0.184 e. The topological polar surface area (TPSA) is 124 Å². The fourth-order valence-corrected chi connectivity index (χ4v) is 2.29. The molecule has 0 spiro atoms. The Morgan fingerprint density at radius 1 is 1.25 bits per heavy atom. The number of methoxy groups -OCH3 is 1. The highest BCUT2D eigenvalue weighted by Gasteiger charge is 2.12. The Labute approximate surface area is 141 Å². The first-order chi connectivity index (χ1) is 11.5. The molecule has 0 saturated carbocycles. The van der Waals surface area contributed by atoms with Crippen LogP contribution >= 0.6 is 0 Å². The van der Waals surface area contributed by atoms with Crippen LogP contribution in [0.5, 0.6) is 0 Å². The second-order valence-electron chi connectivity index (χ2n) is 5.21. The highest BCUT2D eigenvalue weighted by Crippen LogP contribution is 2.29. The van der Waals surface area contributed by atoms with Crippen molar-refractivity contribution in [3.63, 3.8) is 0 Å². The number of nitrogens with one attached hydrogen (secondary N) is 1. The average Bonchev–Trinajstić information content (AvgIpc) is 2.58. The van der Waals surface area contributed by atoms with E-state index < -0.39 is 0 Å². The molecule has 0 bridgehead atoms. The lowest BCUT2D eigenvalue weighted by atomic mass is 9.98. The van der Waals surface area contributed by atoms with Crippen molar-refractivity contribution in [1.29, 1.82) is 5.41 Å². The van der Waals surface area contributed by atoms with Crippen LogP contribution in [0.1, 0.15) is 16.8 Å². The number of nitrogen functional groups attached to an aromatic ring is 1. The summed E-state index contributed by atoms with van der Waals surface area (Å²) in [6, 6.07) is 9.34. The third-order valence-electron chi connectivity index (χ3n) is 3.57. The van der Waals surface area contributed by atoms with Crippen molar-refractivity contribution >= 4 is 23.6 Å². The Kier molecular flexibility index (Phi) is 5.21. The second-order valence-corrected chi connectivity index (χ2v) is 5.21. The van der Waals surface area contributed by atoms with E-state index >= 15 is 0 Å². The average molecular weight is 323 g/mol. The number of pyridine rings is 1. The molecule has 2 aromatic rings. The quantitative estimate of drug-likeness (QED) is 0.382. The van der Waals surface area contributed by atoms with Gasteiger partial charge in [0.15, 0.2) is 5.88 Å². The lowest BCUT2D eigenvalue weighted by molar-refractivity contribution is 0.291. The van der Waals surface area contributed by atoms with Crippen molar-refractivity contribution in [2.24, 2.45) is 11.5 Å². The number of allylic oxidation sites excluding steroid dienone is 1. The number of ether oxygens (including phenoxy) is 1. The summed E-state index contributed by atoms with van der Waals surface area (Å²) in [5.74, 6) is 0.279. The highest BCUT2D eigenvalue weighted by atomic mass is 16.5. The minimum atomic E-state index is 0.279. The number of nitrogens with zero attached hydrogens (tertiary/aromatic N) is 1. The van der Waals surface area contributed by atoms with Gasteiger partial charge in [0.2, 0.25) is 0 Å². The Morgan fingerprint density at radius 2 is 2.00 bits per heavy atom. The first-order valence-electron chi connectivity index (χ1n) is 7.31. The zero-order valence-electron chi connectivity index (χ0n) is 13.7. The Bertz CT molecular complexity index is 824. The number of anilines is 1. The molecule has 0 fully saturated rings. The standard InChI is InChI=1S/C18H21N5O/c1-11-3-6-15(14(9-19)10-20)18(23-11)13-5-4-12(16(21)7-13)8-17(22)24-2/h3-10,19H,20-22H2,1-2H3/b14-10+,17-8+,19-9?. The first-order valence-corrected chi connectivity index (χ1v) is 7.31. The normalized spacial score (nSPS) is 12.1. The lowest BCUT2D eigenvalue weighted by Crippen LogP contribution is -2.01. The third-order valence-corrected chi connectivity index (χ3v) is 3.57. The maximum absolute atomic E-state index is 7.52. The molecule has 7 N–H and O–H groups in total. The van der Waals surface area contributed by atoms with Gasteiger partial charge >= 0.3 is 0 Å². The van der Waals surface area contributed by atoms with Gasteiger partial charge in [0.25, 0.3) is 0 Å². The van der Waals surface area contributed by atoms with Gasteiger partial charge in [-0.1, -0.05) is 18.2 Å². The minimum Gasteiger partial charge on any atom is -0.483 e. The highest BCUT2D eigenvalue weighted by molar-refractivity contribution is 6.10. The molecule has 2 rings (SSSR count). The van der Waals surface area contributed by atoms with Gasteiger partial charge < -0.3 is 27.3 Å². The SMILES string of the molecule is CO/C(N)=C/c1ccc(-c2nc(C)ccc2/C(C=N)=C/N)cc1N. The van der Waals surface area contributed by atoms with E-state index in [1.807, 2.05) is 37.3 Å². The molecule has 1 aromatic carbocycles. The summed E-state index contributed by atoms with van der Waals surface area (Å²) < 4.78 is 4.94. The van der Waals surface area contributed by atoms with E-state index in [1.54, 1.807) is 6.08 Å². The van der Waals surface area contributed by atoms with Gasteiger partial charge in [-0.3, -0.25) is 4.98 Å². The van der Waals surface area contributed by atoms with Crippen molar-refractivity contribution in [1.82, 2.24) is 4.98 Å². The molecule has 0 saturated heterocycles. The number of benzene rings is 1. The zero-order valence-corrected chi connectivity index (χ0v) is 13.7. The Morgan fingerprint density at radius 3 is 2.58 bits per heavy atom. The fourth-order valence-electron chi connectivity index (χ4n) is 2.29. The molecule has 0 unspecified atom stereocenters. The van der Waals surface area contributed by atoms with E-state index in [4.69, 9.17) is 27.3 Å². The zero-order chi connectivity index (χ0) is 17.7. The molecule has 6 heteroatoms. The molecule has 124 valence electrons. The molecule has 24 heavy (non-hydrogen) atoms. The number of hydrogen-bond donors (Lipinski definition) is 4. The molecule has 0 atom stereocenters. The predicted molar refractivity (Wildman–Crippen MR) is 98.9 cm³/mol. The summed E-state index contributed by atoms with van der Waals surface area (Å²) in [7, 11) is 1.50. The van der Waals surface area contributed by atoms with Gasteiger partial charge in [0.1, 0.15) is 0 Å². The van der Waals surface area contributed by atoms with Crippen LogP contribution < -0.4 is 17.2 Å². The van der Waals surface area contributed by atoms with E-state index in [0.717, 1.165) is 28.1 Å². The van der Waals surface area contributed by atoms with Crippen LogP contribution in [-0.4, -0.2) is 18.3 Å². The number of rotatable bonds is 5. The van der Waals surface area contributed by atoms with Gasteiger partial charge in [0, 0.05) is 52.1 Å². The molecule has 0 radical (unpaired) electrons. The minimum absolute atomic E-state index is 0.279. The molecule has 1 heterocycles. The number of nitrogens with two attached hydrogens (primary N) is 3. The fraction of sp³-hybridized carbons (Fsp3) is 0.111. The van der Waals surface area contributed by atoms with Gasteiger partial charge in [-0.15, -0.1) is 0 Å². The predicted octanol–water partition coefficient (Wildman–Crippen LogP) is 2.49. The summed E-state index contributed by atoms with van der Waals surface area (Å²) in [6.45, 7) is 1.91. The van der Waals surface area contributed by atoms with Gasteiger partial charge in [-0.05, 0) is 19.1 Å². The van der Waals surface area contributed by atoms with Crippen molar-refractivity contribution < 1.29 is 4.74 Å². The van der Waals surface area contributed by atoms with E-state index in [0.29, 0.717) is 11.3 Å². The summed E-state index contributed by atoms with van der Waals surface area (Å²) in [6.07, 6.45) is 4.25. The molecule has 1 aromatic heterocycles. The van der Waals surface area contributed by atoms with E-state index in [2.05, 4.69) is 4.98 Å². The van der Waals surface area contributed by atoms with E-state index in [9.17, 15) is 0 Å². The van der Waals surface area contributed by atoms with Crippen molar-refractivity contribution in [3.8, 4) is 11.3 Å². The largest absolute Gasteiger partial charge is 0.483 e. The maximum Gasteiger partial charge on any atom is 0.184 e. The summed E-state index contributed by atoms with van der Waals surface area (Å²) in [4.78, 5) is 4.59. The van der Waals surface area contributed by atoms with Crippen LogP contribution in [0.15, 0.2) is 42.4 Å². The van der Waals surface area contributed by atoms with Crippen molar-refractivity contribution in [2.45, 2.75) is 6.92 Å². The summed E-state index contributed by atoms with van der Waals surface area (Å²) in [5.41, 5.74) is 22.5. The lowest BCUT2D eigenvalue weighted by Gasteiger charge is -2.12. The molecular formula is C18H21N5O. The third kappa shape index (κ3) is 3.55. The van der Waals surface area contributed by atoms with Gasteiger partial charge in [-0.2, -0.15) is 0 Å². The van der Waals surface area contributed by atoms with Crippen LogP contribution in [-0.2, 0) is 4.74 Å². The number of aryl methyl sites for hydroxylation is 1. The summed E-state index contributed by atoms with van der Waals surface area (Å²) >= 11 is 0. The van der Waals surface area contributed by atoms with Crippen LogP contribution in [0.3, 0.4) is 0 Å². The van der Waals surface area contributed by atoms with Crippen LogP contribution in [0.25, 0.3) is 22.9 Å². The molecule has 0 aliphatic carbocycles. The Hall–Kier alpha value is -3.28. The van der Waals surface area contributed by atoms with E-state index in [-0.39, 0.29) is 5.88 Å². The van der Waals surface area contributed by atoms with Crippen LogP contribution in [0.4, 0.5) is 5.69 Å². The van der Waals surface area contributed by atoms with Crippen molar-refractivity contribution in [3.05, 3.63) is 59.2 Å². The first kappa shape index (κ1) is 17.1. The number of hydrogen-bond acceptors (Lipinski definition) is 6. The van der Waals surface area contributed by atoms with Crippen LogP contribution in [0.2, 0.25) is 0 Å².